The normalized spacial score (nSPS) is 16.8. The molecule has 20 heavy (non-hydrogen) atoms. The molecule has 0 saturated carbocycles. The van der Waals surface area contributed by atoms with Crippen molar-refractivity contribution >= 4 is 11.6 Å². The zero-order chi connectivity index (χ0) is 14.3. The van der Waals surface area contributed by atoms with Gasteiger partial charge in [0.1, 0.15) is 17.6 Å². The number of amides is 1. The van der Waals surface area contributed by atoms with E-state index in [4.69, 9.17) is 10.5 Å². The number of benzene rings is 2. The van der Waals surface area contributed by atoms with Gasteiger partial charge < -0.3 is 15.8 Å². The second kappa shape index (κ2) is 4.57. The molecule has 3 N–H and O–H groups in total. The van der Waals surface area contributed by atoms with Gasteiger partial charge in [0, 0.05) is 23.4 Å². The summed E-state index contributed by atoms with van der Waals surface area (Å²) in [5.41, 5.74) is 6.83. The number of hydrogen-bond donors (Lipinski definition) is 2. The third-order valence-corrected chi connectivity index (χ3v) is 3.02. The third-order valence-electron chi connectivity index (χ3n) is 3.02. The number of anilines is 1. The number of rotatable bonds is 2. The Morgan fingerprint density at radius 3 is 2.75 bits per heavy atom. The van der Waals surface area contributed by atoms with Gasteiger partial charge in [-0.3, -0.25) is 4.79 Å². The summed E-state index contributed by atoms with van der Waals surface area (Å²) in [6, 6.07) is 6.90. The van der Waals surface area contributed by atoms with Gasteiger partial charge in [0.25, 0.3) is 0 Å². The summed E-state index contributed by atoms with van der Waals surface area (Å²) in [5, 5.41) is 2.59. The van der Waals surface area contributed by atoms with Crippen molar-refractivity contribution in [3.8, 4) is 11.5 Å². The third kappa shape index (κ3) is 2.10. The standard InChI is InChI=1S/C14H10F2N2O2/c15-7-1-4-10(16)12(5-7)20-8-2-3-9-11(6-8)18-14(19)13(9)17/h1-6,13H,17H2,(H,18,19). The van der Waals surface area contributed by atoms with Crippen LogP contribution in [0.5, 0.6) is 11.5 Å². The first-order valence-electron chi connectivity index (χ1n) is 5.88. The fraction of sp³-hybridized carbons (Fsp3) is 0.0714. The lowest BCUT2D eigenvalue weighted by molar-refractivity contribution is -0.116. The van der Waals surface area contributed by atoms with Gasteiger partial charge in [-0.25, -0.2) is 8.78 Å². The van der Waals surface area contributed by atoms with Crippen LogP contribution in [0.25, 0.3) is 0 Å². The highest BCUT2D eigenvalue weighted by atomic mass is 19.1. The Balaban J connectivity index is 1.92. The van der Waals surface area contributed by atoms with Crippen LogP contribution < -0.4 is 15.8 Å². The molecule has 0 radical (unpaired) electrons. The molecular formula is C14H10F2N2O2. The average molecular weight is 276 g/mol. The zero-order valence-electron chi connectivity index (χ0n) is 10.2. The minimum absolute atomic E-state index is 0.224. The Kier molecular flexibility index (Phi) is 2.87. The van der Waals surface area contributed by atoms with E-state index in [2.05, 4.69) is 5.32 Å². The predicted molar refractivity (Wildman–Crippen MR) is 68.4 cm³/mol. The first-order valence-corrected chi connectivity index (χ1v) is 5.88. The van der Waals surface area contributed by atoms with Crippen LogP contribution >= 0.6 is 0 Å². The number of carbonyl (C=O) groups is 1. The van der Waals surface area contributed by atoms with Crippen LogP contribution in [-0.2, 0) is 4.79 Å². The van der Waals surface area contributed by atoms with Crippen molar-refractivity contribution in [2.75, 3.05) is 5.32 Å². The van der Waals surface area contributed by atoms with Crippen LogP contribution in [0.4, 0.5) is 14.5 Å². The van der Waals surface area contributed by atoms with Gasteiger partial charge in [-0.05, 0) is 18.2 Å². The Morgan fingerprint density at radius 2 is 1.95 bits per heavy atom. The van der Waals surface area contributed by atoms with Gasteiger partial charge in [-0.1, -0.05) is 6.07 Å². The number of nitrogens with two attached hydrogens (primary N) is 1. The van der Waals surface area contributed by atoms with Crippen molar-refractivity contribution in [3.63, 3.8) is 0 Å². The van der Waals surface area contributed by atoms with E-state index in [1.54, 1.807) is 12.1 Å². The maximum atomic E-state index is 13.5. The summed E-state index contributed by atoms with van der Waals surface area (Å²) in [7, 11) is 0. The molecule has 1 heterocycles. The van der Waals surface area contributed by atoms with Gasteiger partial charge in [0.2, 0.25) is 5.91 Å². The highest BCUT2D eigenvalue weighted by molar-refractivity contribution is 6.02. The largest absolute Gasteiger partial charge is 0.454 e. The second-order valence-electron chi connectivity index (χ2n) is 4.39. The number of fused-ring (bicyclic) bond motifs is 1. The predicted octanol–water partition coefficient (Wildman–Crippen LogP) is 2.71. The minimum Gasteiger partial charge on any atom is -0.454 e. The summed E-state index contributed by atoms with van der Waals surface area (Å²) in [6.07, 6.45) is 0. The molecule has 1 amide bonds. The fourth-order valence-electron chi connectivity index (χ4n) is 2.01. The van der Waals surface area contributed by atoms with Crippen LogP contribution in [-0.4, -0.2) is 5.91 Å². The molecule has 1 atom stereocenters. The monoisotopic (exact) mass is 276 g/mol. The van der Waals surface area contributed by atoms with Crippen molar-refractivity contribution < 1.29 is 18.3 Å². The Hall–Kier alpha value is -2.47. The van der Waals surface area contributed by atoms with E-state index < -0.39 is 17.7 Å². The Labute approximate surface area is 113 Å². The summed E-state index contributed by atoms with van der Waals surface area (Å²) in [4.78, 5) is 11.4. The Morgan fingerprint density at radius 1 is 1.15 bits per heavy atom. The summed E-state index contributed by atoms with van der Waals surface area (Å²) < 4.78 is 31.8. The highest BCUT2D eigenvalue weighted by Gasteiger charge is 2.27. The van der Waals surface area contributed by atoms with Crippen LogP contribution in [0.3, 0.4) is 0 Å². The maximum absolute atomic E-state index is 13.5. The van der Waals surface area contributed by atoms with Crippen LogP contribution in [0.2, 0.25) is 0 Å². The fourth-order valence-corrected chi connectivity index (χ4v) is 2.01. The van der Waals surface area contributed by atoms with Crippen molar-refractivity contribution in [1.29, 1.82) is 0 Å². The molecule has 2 aromatic rings. The van der Waals surface area contributed by atoms with E-state index in [1.807, 2.05) is 0 Å². The summed E-state index contributed by atoms with van der Waals surface area (Å²) in [5.74, 6) is -1.53. The van der Waals surface area contributed by atoms with Gasteiger partial charge in [-0.2, -0.15) is 0 Å². The van der Waals surface area contributed by atoms with E-state index in [1.165, 1.54) is 6.07 Å². The van der Waals surface area contributed by atoms with Crippen molar-refractivity contribution in [1.82, 2.24) is 0 Å². The molecule has 3 rings (SSSR count). The smallest absolute Gasteiger partial charge is 0.245 e. The quantitative estimate of drug-likeness (QED) is 0.886. The number of halogens is 2. The molecule has 2 aromatic carbocycles. The Bertz CT molecular complexity index is 704. The first-order chi connectivity index (χ1) is 9.54. The van der Waals surface area contributed by atoms with Crippen LogP contribution in [0, 0.1) is 11.6 Å². The molecule has 102 valence electrons. The van der Waals surface area contributed by atoms with Gasteiger partial charge in [0.05, 0.1) is 0 Å². The van der Waals surface area contributed by atoms with E-state index in [9.17, 15) is 13.6 Å². The molecular weight excluding hydrogens is 266 g/mol. The molecule has 0 fully saturated rings. The summed E-state index contributed by atoms with van der Waals surface area (Å²) in [6.45, 7) is 0. The molecule has 6 heteroatoms. The van der Waals surface area contributed by atoms with E-state index in [-0.39, 0.29) is 17.4 Å². The SMILES string of the molecule is NC1C(=O)Nc2cc(Oc3cc(F)ccc3F)ccc21. The van der Waals surface area contributed by atoms with Gasteiger partial charge in [-0.15, -0.1) is 0 Å². The first kappa shape index (κ1) is 12.6. The average Bonchev–Trinajstić information content (AvgIpc) is 2.69. The zero-order valence-corrected chi connectivity index (χ0v) is 10.2. The number of hydrogen-bond acceptors (Lipinski definition) is 3. The molecule has 4 nitrogen and oxygen atoms in total. The molecule has 1 unspecified atom stereocenters. The van der Waals surface area contributed by atoms with Crippen molar-refractivity contribution in [3.05, 3.63) is 53.6 Å². The number of carbonyl (C=O) groups excluding carboxylic acids is 1. The summed E-state index contributed by atoms with van der Waals surface area (Å²) >= 11 is 0. The second-order valence-corrected chi connectivity index (χ2v) is 4.39. The number of ether oxygens (including phenoxy) is 1. The van der Waals surface area contributed by atoms with E-state index >= 15 is 0 Å². The lowest BCUT2D eigenvalue weighted by Gasteiger charge is -2.08. The van der Waals surface area contributed by atoms with Crippen LogP contribution in [0.1, 0.15) is 11.6 Å². The molecule has 1 aliphatic rings. The lowest BCUT2D eigenvalue weighted by Crippen LogP contribution is -2.19. The lowest BCUT2D eigenvalue weighted by atomic mass is 10.1. The molecule has 0 saturated heterocycles. The van der Waals surface area contributed by atoms with E-state index in [0.29, 0.717) is 11.3 Å². The topological polar surface area (TPSA) is 64.4 Å². The van der Waals surface area contributed by atoms with Crippen molar-refractivity contribution in [2.24, 2.45) is 5.73 Å². The van der Waals surface area contributed by atoms with Crippen molar-refractivity contribution in [2.45, 2.75) is 6.04 Å². The van der Waals surface area contributed by atoms with E-state index in [0.717, 1.165) is 18.2 Å². The van der Waals surface area contributed by atoms with Gasteiger partial charge in [0.15, 0.2) is 11.6 Å². The maximum Gasteiger partial charge on any atom is 0.245 e. The number of nitrogens with one attached hydrogen (secondary N) is 1. The molecule has 0 bridgehead atoms. The minimum atomic E-state index is -0.718. The molecule has 0 spiro atoms. The van der Waals surface area contributed by atoms with Crippen LogP contribution in [0.15, 0.2) is 36.4 Å². The molecule has 0 aromatic heterocycles. The van der Waals surface area contributed by atoms with Gasteiger partial charge >= 0.3 is 0 Å². The molecule has 1 aliphatic heterocycles. The highest BCUT2D eigenvalue weighted by Crippen LogP contribution is 2.34. The molecule has 0 aliphatic carbocycles.